The van der Waals surface area contributed by atoms with Gasteiger partial charge in [-0.25, -0.2) is 4.39 Å². The van der Waals surface area contributed by atoms with Gasteiger partial charge in [-0.15, -0.1) is 0 Å². The van der Waals surface area contributed by atoms with E-state index in [1.165, 1.54) is 18.3 Å². The molecule has 118 valence electrons. The van der Waals surface area contributed by atoms with Crippen LogP contribution in [-0.4, -0.2) is 23.2 Å². The molecule has 3 rings (SSSR count). The number of carbonyl (C=O) groups excluding carboxylic acids is 2. The van der Waals surface area contributed by atoms with Crippen LogP contribution in [0.1, 0.15) is 15.9 Å². The molecule has 0 fully saturated rings. The molecule has 1 amide bonds. The van der Waals surface area contributed by atoms with Crippen LogP contribution < -0.4 is 5.32 Å². The summed E-state index contributed by atoms with van der Waals surface area (Å²) in [5.74, 6) is 3.84. The molecular formula is C19H13FN2O2. The SMILES string of the molecule is O=C(NCC#Cc1ccc(F)cc1)C(=O)c1c[nH]c2ccccc12. The highest BCUT2D eigenvalue weighted by Crippen LogP contribution is 2.17. The van der Waals surface area contributed by atoms with E-state index in [-0.39, 0.29) is 12.4 Å². The Hall–Kier alpha value is -3.39. The Morgan fingerprint density at radius 1 is 1.08 bits per heavy atom. The average Bonchev–Trinajstić information content (AvgIpc) is 3.03. The molecule has 0 aliphatic heterocycles. The van der Waals surface area contributed by atoms with Crippen molar-refractivity contribution in [1.82, 2.24) is 10.3 Å². The highest BCUT2D eigenvalue weighted by molar-refractivity contribution is 6.45. The zero-order valence-corrected chi connectivity index (χ0v) is 12.6. The summed E-state index contributed by atoms with van der Waals surface area (Å²) in [5.41, 5.74) is 1.76. The van der Waals surface area contributed by atoms with Gasteiger partial charge in [0.25, 0.3) is 11.7 Å². The minimum absolute atomic E-state index is 0.0320. The summed E-state index contributed by atoms with van der Waals surface area (Å²) < 4.78 is 12.8. The number of ketones is 1. The lowest BCUT2D eigenvalue weighted by atomic mass is 10.1. The lowest BCUT2D eigenvalue weighted by Crippen LogP contribution is -2.31. The highest BCUT2D eigenvalue weighted by Gasteiger charge is 2.18. The predicted octanol–water partition coefficient (Wildman–Crippen LogP) is 2.66. The first kappa shape index (κ1) is 15.5. The summed E-state index contributed by atoms with van der Waals surface area (Å²) >= 11 is 0. The number of para-hydroxylation sites is 1. The summed E-state index contributed by atoms with van der Waals surface area (Å²) in [6.45, 7) is 0.0320. The number of amides is 1. The van der Waals surface area contributed by atoms with Crippen molar-refractivity contribution in [3.63, 3.8) is 0 Å². The molecule has 1 heterocycles. The molecule has 2 aromatic carbocycles. The van der Waals surface area contributed by atoms with E-state index in [4.69, 9.17) is 0 Å². The van der Waals surface area contributed by atoms with E-state index in [1.807, 2.05) is 12.1 Å². The van der Waals surface area contributed by atoms with Crippen molar-refractivity contribution in [1.29, 1.82) is 0 Å². The normalized spacial score (nSPS) is 10.0. The molecule has 4 nitrogen and oxygen atoms in total. The van der Waals surface area contributed by atoms with Gasteiger partial charge in [0.05, 0.1) is 12.1 Å². The predicted molar refractivity (Wildman–Crippen MR) is 88.9 cm³/mol. The summed E-state index contributed by atoms with van der Waals surface area (Å²) in [4.78, 5) is 27.1. The molecule has 2 N–H and O–H groups in total. The number of hydrogen-bond donors (Lipinski definition) is 2. The van der Waals surface area contributed by atoms with Crippen LogP contribution >= 0.6 is 0 Å². The molecule has 0 atom stereocenters. The van der Waals surface area contributed by atoms with Gasteiger partial charge in [-0.3, -0.25) is 9.59 Å². The number of H-pyrrole nitrogens is 1. The number of hydrogen-bond acceptors (Lipinski definition) is 2. The lowest BCUT2D eigenvalue weighted by molar-refractivity contribution is -0.116. The summed E-state index contributed by atoms with van der Waals surface area (Å²) in [6.07, 6.45) is 1.52. The standard InChI is InChI=1S/C19H13FN2O2/c20-14-9-7-13(8-10-14)4-3-11-21-19(24)18(23)16-12-22-17-6-2-1-5-15(16)17/h1-2,5-10,12,22H,11H2,(H,21,24). The van der Waals surface area contributed by atoms with Crippen molar-refractivity contribution >= 4 is 22.6 Å². The van der Waals surface area contributed by atoms with Gasteiger partial charge in [0.15, 0.2) is 0 Å². The van der Waals surface area contributed by atoms with E-state index >= 15 is 0 Å². The quantitative estimate of drug-likeness (QED) is 0.443. The monoisotopic (exact) mass is 320 g/mol. The molecule has 1 aromatic heterocycles. The summed E-state index contributed by atoms with van der Waals surface area (Å²) in [6, 6.07) is 13.0. The summed E-state index contributed by atoms with van der Waals surface area (Å²) in [7, 11) is 0. The molecule has 0 aliphatic carbocycles. The average molecular weight is 320 g/mol. The number of fused-ring (bicyclic) bond motifs is 1. The maximum atomic E-state index is 12.8. The van der Waals surface area contributed by atoms with Gasteiger partial charge in [0.1, 0.15) is 5.82 Å². The van der Waals surface area contributed by atoms with Crippen LogP contribution in [0.2, 0.25) is 0 Å². The minimum Gasteiger partial charge on any atom is -0.360 e. The number of carbonyl (C=O) groups is 2. The third-order valence-corrected chi connectivity index (χ3v) is 3.45. The van der Waals surface area contributed by atoms with Crippen LogP contribution in [0, 0.1) is 17.7 Å². The molecule has 0 spiro atoms. The Labute approximate surface area is 137 Å². The topological polar surface area (TPSA) is 62.0 Å². The van der Waals surface area contributed by atoms with Gasteiger partial charge < -0.3 is 10.3 Å². The van der Waals surface area contributed by atoms with Crippen LogP contribution in [0.4, 0.5) is 4.39 Å². The van der Waals surface area contributed by atoms with Crippen LogP contribution in [0.3, 0.4) is 0 Å². The molecule has 0 radical (unpaired) electrons. The maximum Gasteiger partial charge on any atom is 0.293 e. The van der Waals surface area contributed by atoms with Crippen molar-refractivity contribution in [2.45, 2.75) is 0 Å². The molecule has 0 aliphatic rings. The molecule has 5 heteroatoms. The first-order valence-electron chi connectivity index (χ1n) is 7.28. The number of nitrogens with one attached hydrogen (secondary N) is 2. The number of rotatable bonds is 3. The maximum absolute atomic E-state index is 12.8. The van der Waals surface area contributed by atoms with Crippen molar-refractivity contribution < 1.29 is 14.0 Å². The molecule has 0 saturated heterocycles. The largest absolute Gasteiger partial charge is 0.360 e. The zero-order chi connectivity index (χ0) is 16.9. The van der Waals surface area contributed by atoms with Gasteiger partial charge >= 0.3 is 0 Å². The van der Waals surface area contributed by atoms with Crippen molar-refractivity contribution in [2.24, 2.45) is 0 Å². The fourth-order valence-electron chi connectivity index (χ4n) is 2.27. The number of aromatic amines is 1. The number of halogens is 1. The zero-order valence-electron chi connectivity index (χ0n) is 12.6. The second-order valence-corrected chi connectivity index (χ2v) is 5.07. The number of benzene rings is 2. The van der Waals surface area contributed by atoms with Crippen LogP contribution in [-0.2, 0) is 4.79 Å². The first-order chi connectivity index (χ1) is 11.6. The van der Waals surface area contributed by atoms with Gasteiger partial charge in [-0.1, -0.05) is 30.0 Å². The lowest BCUT2D eigenvalue weighted by Gasteiger charge is -1.99. The Morgan fingerprint density at radius 3 is 2.62 bits per heavy atom. The smallest absolute Gasteiger partial charge is 0.293 e. The van der Waals surface area contributed by atoms with Crippen molar-refractivity contribution in [2.75, 3.05) is 6.54 Å². The van der Waals surface area contributed by atoms with E-state index in [1.54, 1.807) is 24.3 Å². The third kappa shape index (κ3) is 3.33. The van der Waals surface area contributed by atoms with E-state index in [0.717, 1.165) is 5.52 Å². The molecule has 24 heavy (non-hydrogen) atoms. The third-order valence-electron chi connectivity index (χ3n) is 3.45. The van der Waals surface area contributed by atoms with E-state index in [9.17, 15) is 14.0 Å². The summed E-state index contributed by atoms with van der Waals surface area (Å²) in [5, 5.41) is 3.17. The second-order valence-electron chi connectivity index (χ2n) is 5.07. The van der Waals surface area contributed by atoms with Gasteiger partial charge in [-0.2, -0.15) is 0 Å². The van der Waals surface area contributed by atoms with E-state index in [0.29, 0.717) is 16.5 Å². The van der Waals surface area contributed by atoms with E-state index in [2.05, 4.69) is 22.1 Å². The fourth-order valence-corrected chi connectivity index (χ4v) is 2.27. The Kier molecular flexibility index (Phi) is 4.39. The second kappa shape index (κ2) is 6.80. The van der Waals surface area contributed by atoms with Crippen molar-refractivity contribution in [3.8, 4) is 11.8 Å². The van der Waals surface area contributed by atoms with Crippen LogP contribution in [0.5, 0.6) is 0 Å². The molecule has 3 aromatic rings. The fraction of sp³-hybridized carbons (Fsp3) is 0.0526. The van der Waals surface area contributed by atoms with Crippen molar-refractivity contribution in [3.05, 3.63) is 71.7 Å². The number of Topliss-reactive ketones (excluding diaryl/α,β-unsaturated/α-hetero) is 1. The molecule has 0 saturated carbocycles. The molecule has 0 bridgehead atoms. The van der Waals surface area contributed by atoms with Crippen LogP contribution in [0.15, 0.2) is 54.7 Å². The Bertz CT molecular complexity index is 962. The highest BCUT2D eigenvalue weighted by atomic mass is 19.1. The first-order valence-corrected chi connectivity index (χ1v) is 7.28. The Balaban J connectivity index is 1.63. The van der Waals surface area contributed by atoms with Gasteiger partial charge in [0, 0.05) is 22.7 Å². The molecular weight excluding hydrogens is 307 g/mol. The van der Waals surface area contributed by atoms with Gasteiger partial charge in [0.2, 0.25) is 0 Å². The van der Waals surface area contributed by atoms with E-state index < -0.39 is 11.7 Å². The van der Waals surface area contributed by atoms with Gasteiger partial charge in [-0.05, 0) is 30.3 Å². The Morgan fingerprint density at radius 2 is 1.83 bits per heavy atom. The number of aromatic nitrogens is 1. The molecule has 0 unspecified atom stereocenters. The minimum atomic E-state index is -0.715. The van der Waals surface area contributed by atoms with Crippen LogP contribution in [0.25, 0.3) is 10.9 Å².